The van der Waals surface area contributed by atoms with Crippen LogP contribution in [0.4, 0.5) is 0 Å². The molecule has 1 aromatic rings. The molecule has 0 bridgehead atoms. The predicted molar refractivity (Wildman–Crippen MR) is 64.4 cm³/mol. The normalized spacial score (nSPS) is 21.3. The van der Waals surface area contributed by atoms with E-state index in [9.17, 15) is 0 Å². The van der Waals surface area contributed by atoms with E-state index in [-0.39, 0.29) is 0 Å². The van der Waals surface area contributed by atoms with Gasteiger partial charge in [0.05, 0.1) is 5.69 Å². The van der Waals surface area contributed by atoms with Gasteiger partial charge in [0.1, 0.15) is 0 Å². The van der Waals surface area contributed by atoms with Gasteiger partial charge in [0, 0.05) is 19.1 Å². The molecule has 88 valence electrons. The molecular formula is C11H17ClN4. The van der Waals surface area contributed by atoms with Crippen LogP contribution in [0.5, 0.6) is 0 Å². The second kappa shape index (κ2) is 5.57. The highest BCUT2D eigenvalue weighted by molar-refractivity contribution is 6.29. The quantitative estimate of drug-likeness (QED) is 0.865. The highest BCUT2D eigenvalue weighted by Gasteiger charge is 2.17. The fourth-order valence-electron chi connectivity index (χ4n) is 2.02. The monoisotopic (exact) mass is 240 g/mol. The average molecular weight is 241 g/mol. The van der Waals surface area contributed by atoms with Crippen LogP contribution in [0.2, 0.25) is 5.15 Å². The first-order valence-electron chi connectivity index (χ1n) is 5.65. The zero-order valence-corrected chi connectivity index (χ0v) is 10.2. The molecule has 1 aliphatic heterocycles. The maximum absolute atomic E-state index is 5.70. The highest BCUT2D eigenvalue weighted by atomic mass is 35.5. The Kier molecular flexibility index (Phi) is 4.09. The summed E-state index contributed by atoms with van der Waals surface area (Å²) in [7, 11) is 2.13. The Morgan fingerprint density at radius 1 is 1.50 bits per heavy atom. The summed E-state index contributed by atoms with van der Waals surface area (Å²) >= 11 is 5.70. The van der Waals surface area contributed by atoms with Crippen molar-refractivity contribution in [3.05, 3.63) is 23.0 Å². The second-order valence-corrected chi connectivity index (χ2v) is 4.65. The van der Waals surface area contributed by atoms with E-state index in [4.69, 9.17) is 11.6 Å². The van der Waals surface area contributed by atoms with Crippen LogP contribution in [-0.2, 0) is 6.54 Å². The standard InChI is InChI=1S/C11H17ClN4/c1-16(10-3-2-6-13-7-10)8-9-4-5-11(12)15-14-9/h4-5,10,13H,2-3,6-8H2,1H3/t10-/m0/s1. The summed E-state index contributed by atoms with van der Waals surface area (Å²) in [5.74, 6) is 0. The maximum Gasteiger partial charge on any atom is 0.151 e. The van der Waals surface area contributed by atoms with E-state index in [0.717, 1.165) is 25.3 Å². The second-order valence-electron chi connectivity index (χ2n) is 4.26. The predicted octanol–water partition coefficient (Wildman–Crippen LogP) is 1.31. The third kappa shape index (κ3) is 3.14. The van der Waals surface area contributed by atoms with Crippen molar-refractivity contribution in [3.8, 4) is 0 Å². The number of hydrogen-bond donors (Lipinski definition) is 1. The Hall–Kier alpha value is -0.710. The molecule has 0 unspecified atom stereocenters. The molecule has 0 amide bonds. The molecule has 1 aromatic heterocycles. The van der Waals surface area contributed by atoms with Crippen molar-refractivity contribution in [2.24, 2.45) is 0 Å². The lowest BCUT2D eigenvalue weighted by Gasteiger charge is -2.31. The van der Waals surface area contributed by atoms with Gasteiger partial charge in [-0.15, -0.1) is 5.10 Å². The summed E-state index contributed by atoms with van der Waals surface area (Å²) in [6, 6.07) is 4.32. The number of nitrogens with zero attached hydrogens (tertiary/aromatic N) is 3. The smallest absolute Gasteiger partial charge is 0.151 e. The molecule has 0 aromatic carbocycles. The summed E-state index contributed by atoms with van der Waals surface area (Å²) in [4.78, 5) is 2.32. The van der Waals surface area contributed by atoms with Gasteiger partial charge in [0.2, 0.25) is 0 Å². The van der Waals surface area contributed by atoms with E-state index in [0.29, 0.717) is 11.2 Å². The molecule has 1 aliphatic rings. The van der Waals surface area contributed by atoms with Gasteiger partial charge < -0.3 is 5.32 Å². The van der Waals surface area contributed by atoms with Crippen LogP contribution < -0.4 is 5.32 Å². The molecular weight excluding hydrogens is 224 g/mol. The summed E-state index contributed by atoms with van der Waals surface area (Å²) < 4.78 is 0. The molecule has 5 heteroatoms. The fourth-order valence-corrected chi connectivity index (χ4v) is 2.12. The van der Waals surface area contributed by atoms with Crippen molar-refractivity contribution >= 4 is 11.6 Å². The molecule has 1 atom stereocenters. The molecule has 0 spiro atoms. The molecule has 1 N–H and O–H groups in total. The molecule has 16 heavy (non-hydrogen) atoms. The van der Waals surface area contributed by atoms with Crippen LogP contribution in [0.25, 0.3) is 0 Å². The molecule has 2 rings (SSSR count). The summed E-state index contributed by atoms with van der Waals surface area (Å²) in [5, 5.41) is 11.8. The Balaban J connectivity index is 1.90. The molecule has 0 saturated carbocycles. The van der Waals surface area contributed by atoms with Crippen molar-refractivity contribution in [2.75, 3.05) is 20.1 Å². The van der Waals surface area contributed by atoms with E-state index in [1.807, 2.05) is 6.07 Å². The molecule has 1 fully saturated rings. The van der Waals surface area contributed by atoms with Crippen molar-refractivity contribution in [1.29, 1.82) is 0 Å². The third-order valence-electron chi connectivity index (χ3n) is 2.99. The number of halogens is 1. The molecule has 4 nitrogen and oxygen atoms in total. The zero-order chi connectivity index (χ0) is 11.4. The molecule has 2 heterocycles. The van der Waals surface area contributed by atoms with Crippen LogP contribution in [0.1, 0.15) is 18.5 Å². The lowest BCUT2D eigenvalue weighted by Crippen LogP contribution is -2.43. The third-order valence-corrected chi connectivity index (χ3v) is 3.19. The first kappa shape index (κ1) is 11.8. The van der Waals surface area contributed by atoms with Gasteiger partial charge in [-0.2, -0.15) is 5.10 Å². The highest BCUT2D eigenvalue weighted by Crippen LogP contribution is 2.11. The Morgan fingerprint density at radius 2 is 2.38 bits per heavy atom. The van der Waals surface area contributed by atoms with Crippen LogP contribution in [0.3, 0.4) is 0 Å². The SMILES string of the molecule is CN(Cc1ccc(Cl)nn1)[C@H]1CCCNC1. The number of hydrogen-bond acceptors (Lipinski definition) is 4. The summed E-state index contributed by atoms with van der Waals surface area (Å²) in [5.41, 5.74) is 0.970. The summed E-state index contributed by atoms with van der Waals surface area (Å²) in [6.45, 7) is 3.04. The van der Waals surface area contributed by atoms with E-state index < -0.39 is 0 Å². The van der Waals surface area contributed by atoms with Gasteiger partial charge in [0.15, 0.2) is 5.15 Å². The number of piperidine rings is 1. The van der Waals surface area contributed by atoms with E-state index >= 15 is 0 Å². The Labute approximate surface area is 101 Å². The first-order chi connectivity index (χ1) is 7.75. The van der Waals surface area contributed by atoms with E-state index in [1.165, 1.54) is 12.8 Å². The van der Waals surface area contributed by atoms with Crippen LogP contribution in [-0.4, -0.2) is 41.3 Å². The van der Waals surface area contributed by atoms with Gasteiger partial charge in [-0.05, 0) is 38.6 Å². The van der Waals surface area contributed by atoms with Crippen LogP contribution in [0.15, 0.2) is 12.1 Å². The minimum absolute atomic E-state index is 0.450. The maximum atomic E-state index is 5.70. The fraction of sp³-hybridized carbons (Fsp3) is 0.636. The van der Waals surface area contributed by atoms with Crippen molar-refractivity contribution in [1.82, 2.24) is 20.4 Å². The van der Waals surface area contributed by atoms with Crippen LogP contribution >= 0.6 is 11.6 Å². The van der Waals surface area contributed by atoms with E-state index in [2.05, 4.69) is 27.5 Å². The molecule has 1 saturated heterocycles. The van der Waals surface area contributed by atoms with Crippen molar-refractivity contribution in [3.63, 3.8) is 0 Å². The lowest BCUT2D eigenvalue weighted by molar-refractivity contribution is 0.193. The minimum atomic E-state index is 0.450. The van der Waals surface area contributed by atoms with Gasteiger partial charge in [-0.1, -0.05) is 11.6 Å². The van der Waals surface area contributed by atoms with Crippen molar-refractivity contribution in [2.45, 2.75) is 25.4 Å². The van der Waals surface area contributed by atoms with Gasteiger partial charge in [-0.3, -0.25) is 4.90 Å². The van der Waals surface area contributed by atoms with E-state index in [1.54, 1.807) is 6.07 Å². The number of rotatable bonds is 3. The van der Waals surface area contributed by atoms with Gasteiger partial charge in [-0.25, -0.2) is 0 Å². The van der Waals surface area contributed by atoms with Gasteiger partial charge in [0.25, 0.3) is 0 Å². The first-order valence-corrected chi connectivity index (χ1v) is 6.02. The van der Waals surface area contributed by atoms with Gasteiger partial charge >= 0.3 is 0 Å². The number of aromatic nitrogens is 2. The summed E-state index contributed by atoms with van der Waals surface area (Å²) in [6.07, 6.45) is 2.51. The minimum Gasteiger partial charge on any atom is -0.315 e. The molecule has 0 aliphatic carbocycles. The Morgan fingerprint density at radius 3 is 3.00 bits per heavy atom. The Bertz CT molecular complexity index is 321. The average Bonchev–Trinajstić information content (AvgIpc) is 2.33. The van der Waals surface area contributed by atoms with Crippen molar-refractivity contribution < 1.29 is 0 Å². The topological polar surface area (TPSA) is 41.1 Å². The lowest BCUT2D eigenvalue weighted by atomic mass is 10.1. The number of likely N-dealkylation sites (N-methyl/N-ethyl adjacent to an activating group) is 1. The largest absolute Gasteiger partial charge is 0.315 e. The zero-order valence-electron chi connectivity index (χ0n) is 9.49. The van der Waals surface area contributed by atoms with Crippen LogP contribution in [0, 0.1) is 0 Å². The molecule has 0 radical (unpaired) electrons. The number of nitrogens with one attached hydrogen (secondary N) is 1.